The second-order valence-corrected chi connectivity index (χ2v) is 9.37. The van der Waals surface area contributed by atoms with Crippen LogP contribution in [0.1, 0.15) is 12.8 Å². The Morgan fingerprint density at radius 1 is 0.842 bits per heavy atom. The highest BCUT2D eigenvalue weighted by atomic mass is 16.5. The number of likely N-dealkylation sites (tertiary alicyclic amines) is 1. The third kappa shape index (κ3) is 4.24. The van der Waals surface area contributed by atoms with Gasteiger partial charge in [0.05, 0.1) is 34.8 Å². The minimum absolute atomic E-state index is 0.645. The van der Waals surface area contributed by atoms with Gasteiger partial charge in [-0.2, -0.15) is 5.10 Å². The molecule has 1 saturated heterocycles. The van der Waals surface area contributed by atoms with Crippen LogP contribution in [0.5, 0.6) is 5.75 Å². The van der Waals surface area contributed by atoms with Gasteiger partial charge >= 0.3 is 0 Å². The summed E-state index contributed by atoms with van der Waals surface area (Å²) in [5.74, 6) is 1.40. The second kappa shape index (κ2) is 9.64. The number of H-pyrrole nitrogens is 2. The Bertz CT molecular complexity index is 1720. The molecule has 10 nitrogen and oxygen atoms in total. The molecule has 0 aliphatic carbocycles. The first kappa shape index (κ1) is 22.5. The topological polar surface area (TPSA) is 121 Å². The van der Waals surface area contributed by atoms with E-state index in [1.54, 1.807) is 37.2 Å². The molecule has 1 aliphatic rings. The summed E-state index contributed by atoms with van der Waals surface area (Å²) in [6.07, 6.45) is 13.2. The highest BCUT2D eigenvalue weighted by Gasteiger charge is 2.17. The number of rotatable bonds is 7. The van der Waals surface area contributed by atoms with Crippen LogP contribution in [0.4, 0.5) is 0 Å². The largest absolute Gasteiger partial charge is 0.491 e. The van der Waals surface area contributed by atoms with Crippen LogP contribution < -0.4 is 4.74 Å². The number of nitrogens with one attached hydrogen (secondary N) is 2. The van der Waals surface area contributed by atoms with E-state index in [1.807, 2.05) is 30.3 Å². The molecule has 1 aliphatic heterocycles. The predicted octanol–water partition coefficient (Wildman–Crippen LogP) is 4.49. The Hall–Kier alpha value is -4.70. The van der Waals surface area contributed by atoms with E-state index >= 15 is 0 Å². The van der Waals surface area contributed by atoms with E-state index in [4.69, 9.17) is 9.72 Å². The number of hydrogen-bond donors (Lipinski definition) is 2. The number of pyridine rings is 4. The van der Waals surface area contributed by atoms with Crippen molar-refractivity contribution in [2.45, 2.75) is 12.8 Å². The van der Waals surface area contributed by atoms with Crippen molar-refractivity contribution < 1.29 is 4.74 Å². The molecule has 0 bridgehead atoms. The summed E-state index contributed by atoms with van der Waals surface area (Å²) in [6.45, 7) is 3.89. The van der Waals surface area contributed by atoms with Gasteiger partial charge in [0, 0.05) is 47.8 Å². The van der Waals surface area contributed by atoms with Gasteiger partial charge in [-0.1, -0.05) is 0 Å². The lowest BCUT2D eigenvalue weighted by Crippen LogP contribution is -2.25. The Morgan fingerprint density at radius 3 is 2.63 bits per heavy atom. The smallest absolute Gasteiger partial charge is 0.159 e. The van der Waals surface area contributed by atoms with Gasteiger partial charge in [-0.3, -0.25) is 29.9 Å². The lowest BCUT2D eigenvalue weighted by Gasteiger charge is -2.15. The highest BCUT2D eigenvalue weighted by molar-refractivity contribution is 5.96. The van der Waals surface area contributed by atoms with Crippen LogP contribution in [0.2, 0.25) is 0 Å². The fourth-order valence-electron chi connectivity index (χ4n) is 4.96. The normalized spacial score (nSPS) is 14.0. The maximum absolute atomic E-state index is 6.00. The average Bonchev–Trinajstić information content (AvgIpc) is 3.73. The van der Waals surface area contributed by atoms with E-state index in [9.17, 15) is 0 Å². The van der Waals surface area contributed by atoms with Crippen molar-refractivity contribution >= 4 is 21.9 Å². The third-order valence-electron chi connectivity index (χ3n) is 6.91. The lowest BCUT2D eigenvalue weighted by molar-refractivity contribution is 0.237. The first-order chi connectivity index (χ1) is 18.8. The Labute approximate surface area is 218 Å². The van der Waals surface area contributed by atoms with Gasteiger partial charge in [0.15, 0.2) is 5.82 Å². The number of aromatic nitrogens is 8. The molecule has 38 heavy (non-hydrogen) atoms. The van der Waals surface area contributed by atoms with Gasteiger partial charge in [-0.25, -0.2) is 4.98 Å². The van der Waals surface area contributed by atoms with Gasteiger partial charge in [-0.15, -0.1) is 0 Å². The first-order valence-corrected chi connectivity index (χ1v) is 12.7. The summed E-state index contributed by atoms with van der Waals surface area (Å²) in [4.78, 5) is 28.4. The number of nitrogens with zero attached hydrogens (tertiary/aromatic N) is 7. The molecule has 0 saturated carbocycles. The number of ether oxygens (including phenoxy) is 1. The zero-order chi connectivity index (χ0) is 25.3. The summed E-state index contributed by atoms with van der Waals surface area (Å²) >= 11 is 0. The van der Waals surface area contributed by atoms with Gasteiger partial charge in [0.2, 0.25) is 0 Å². The summed E-state index contributed by atoms with van der Waals surface area (Å²) in [5.41, 5.74) is 6.62. The molecule has 7 rings (SSSR count). The van der Waals surface area contributed by atoms with E-state index in [-0.39, 0.29) is 0 Å². The quantitative estimate of drug-likeness (QED) is 0.327. The van der Waals surface area contributed by atoms with E-state index < -0.39 is 0 Å². The average molecular weight is 504 g/mol. The predicted molar refractivity (Wildman–Crippen MR) is 144 cm³/mol. The van der Waals surface area contributed by atoms with E-state index in [1.165, 1.54) is 12.8 Å². The first-order valence-electron chi connectivity index (χ1n) is 12.7. The Morgan fingerprint density at radius 2 is 1.74 bits per heavy atom. The van der Waals surface area contributed by atoms with Crippen molar-refractivity contribution in [3.8, 4) is 39.8 Å². The monoisotopic (exact) mass is 503 g/mol. The molecule has 0 unspecified atom stereocenters. The molecule has 6 aromatic rings. The fraction of sp³-hybridized carbons (Fsp3) is 0.214. The number of imidazole rings is 1. The summed E-state index contributed by atoms with van der Waals surface area (Å²) in [7, 11) is 0. The van der Waals surface area contributed by atoms with Crippen LogP contribution in [0.15, 0.2) is 67.5 Å². The van der Waals surface area contributed by atoms with Crippen LogP contribution in [-0.4, -0.2) is 71.2 Å². The molecular weight excluding hydrogens is 478 g/mol. The number of fused-ring (bicyclic) bond motifs is 2. The van der Waals surface area contributed by atoms with Gasteiger partial charge in [0.25, 0.3) is 0 Å². The standard InChI is InChI=1S/C28H25N9O/c1-2-10-37(9-1)11-12-38-20-13-19(15-30-16-20)23-14-21-24(17-32-23)35-36-26(21)28-33-22-5-8-31-25(27(22)34-28)18-3-6-29-7-4-18/h3-8,13-17H,1-2,9-12H2,(H,33,34)(H,35,36). The maximum Gasteiger partial charge on any atom is 0.159 e. The molecule has 0 spiro atoms. The molecule has 1 fully saturated rings. The molecule has 7 heterocycles. The lowest BCUT2D eigenvalue weighted by atomic mass is 10.1. The summed E-state index contributed by atoms with van der Waals surface area (Å²) in [6, 6.07) is 9.76. The van der Waals surface area contributed by atoms with Crippen molar-refractivity contribution in [3.05, 3.63) is 67.5 Å². The van der Waals surface area contributed by atoms with Crippen LogP contribution in [0.25, 0.3) is 56.0 Å². The SMILES string of the molecule is c1cc(-c2nccc3[nH]c(-c4n[nH]c5cnc(-c6cncc(OCCN7CCCC7)c6)cc45)nc23)ccn1. The molecule has 0 radical (unpaired) electrons. The van der Waals surface area contributed by atoms with Gasteiger partial charge in [0.1, 0.15) is 23.6 Å². The molecule has 6 aromatic heterocycles. The minimum Gasteiger partial charge on any atom is -0.491 e. The zero-order valence-electron chi connectivity index (χ0n) is 20.6. The van der Waals surface area contributed by atoms with Crippen molar-refractivity contribution in [1.29, 1.82) is 0 Å². The highest BCUT2D eigenvalue weighted by Crippen LogP contribution is 2.31. The number of aromatic amines is 2. The fourth-order valence-corrected chi connectivity index (χ4v) is 4.96. The van der Waals surface area contributed by atoms with E-state index in [0.29, 0.717) is 18.1 Å². The van der Waals surface area contributed by atoms with Crippen molar-refractivity contribution in [2.24, 2.45) is 0 Å². The Balaban J connectivity index is 1.20. The van der Waals surface area contributed by atoms with Crippen LogP contribution >= 0.6 is 0 Å². The summed E-state index contributed by atoms with van der Waals surface area (Å²) < 4.78 is 6.00. The van der Waals surface area contributed by atoms with Gasteiger partial charge < -0.3 is 9.72 Å². The third-order valence-corrected chi connectivity index (χ3v) is 6.91. The molecule has 0 amide bonds. The molecule has 0 atom stereocenters. The molecule has 10 heteroatoms. The number of hydrogen-bond acceptors (Lipinski definition) is 8. The van der Waals surface area contributed by atoms with Crippen molar-refractivity contribution in [2.75, 3.05) is 26.2 Å². The van der Waals surface area contributed by atoms with Crippen LogP contribution in [-0.2, 0) is 0 Å². The molecule has 2 N–H and O–H groups in total. The zero-order valence-corrected chi connectivity index (χ0v) is 20.6. The van der Waals surface area contributed by atoms with E-state index in [0.717, 1.165) is 69.8 Å². The maximum atomic E-state index is 6.00. The second-order valence-electron chi connectivity index (χ2n) is 9.37. The molecule has 188 valence electrons. The summed E-state index contributed by atoms with van der Waals surface area (Å²) in [5, 5.41) is 8.55. The molecular formula is C28H25N9O. The van der Waals surface area contributed by atoms with Gasteiger partial charge in [-0.05, 0) is 56.3 Å². The van der Waals surface area contributed by atoms with Crippen LogP contribution in [0, 0.1) is 0 Å². The van der Waals surface area contributed by atoms with Crippen molar-refractivity contribution in [3.63, 3.8) is 0 Å². The minimum atomic E-state index is 0.645. The van der Waals surface area contributed by atoms with Crippen molar-refractivity contribution in [1.82, 2.24) is 45.0 Å². The molecule has 0 aromatic carbocycles. The van der Waals surface area contributed by atoms with E-state index in [2.05, 4.69) is 40.0 Å². The van der Waals surface area contributed by atoms with Crippen LogP contribution in [0.3, 0.4) is 0 Å². The Kier molecular flexibility index (Phi) is 5.71.